The Labute approximate surface area is 430 Å². The number of carbonyl (C=O) groups excluding carboxylic acids is 1. The standard InChI is InChI=1S/C24H31ClN6O2.C16H19ClN2O2.C8H11N3OS.C2H4O2/c1-15-16(2)33-24(27-15)21-13-31(20(14-32-21)11-17-3-5-18(25)6-4-17)19-7-9-30(10-8-19)23-12-22(26)28-29-23;1-10-11(2)21-16(19-10)15-8-18-14(9-20-15)7-12-3-5-13(17)6-4-12;1-13-8(10-6-9)11-4-2-7(12)3-5-11;1-2(3)4/h3-6,19-21H,7-14H2,1-2H3,(H2,26,28);3-6,14-15,18H,7-9H2,1-2H3;2-5H2,1H3;1H3,(H,3,4)/t20-,21+;14-,15+;;/m00../s1. The van der Waals surface area contributed by atoms with Crippen LogP contribution in [0.15, 0.2) is 72.6 Å². The number of ketones is 1. The van der Waals surface area contributed by atoms with Crippen molar-refractivity contribution in [2.24, 2.45) is 20.9 Å². The van der Waals surface area contributed by atoms with E-state index >= 15 is 0 Å². The van der Waals surface area contributed by atoms with Crippen LogP contribution in [0.3, 0.4) is 0 Å². The number of oxazole rings is 2. The van der Waals surface area contributed by atoms with Crippen LogP contribution in [0.25, 0.3) is 0 Å². The van der Waals surface area contributed by atoms with Crippen molar-refractivity contribution < 1.29 is 33.0 Å². The lowest BCUT2D eigenvalue weighted by Crippen LogP contribution is -2.55. The number of Topliss-reactive ketones (excluding diaryl/α,β-unsaturated/α-hetero) is 1. The third-order valence-electron chi connectivity index (χ3n) is 12.7. The number of thioether (sulfide) groups is 1. The van der Waals surface area contributed by atoms with E-state index in [0.29, 0.717) is 87.1 Å². The summed E-state index contributed by atoms with van der Waals surface area (Å²) < 4.78 is 23.7. The van der Waals surface area contributed by atoms with Gasteiger partial charge in [-0.1, -0.05) is 59.2 Å². The average Bonchev–Trinajstić information content (AvgIpc) is 4.06. The molecule has 0 bridgehead atoms. The number of morpholine rings is 2. The maximum absolute atomic E-state index is 10.9. The zero-order chi connectivity index (χ0) is 51.0. The first-order chi connectivity index (χ1) is 34.1. The van der Waals surface area contributed by atoms with Crippen molar-refractivity contribution in [1.82, 2.24) is 30.0 Å². The van der Waals surface area contributed by atoms with E-state index in [4.69, 9.17) is 62.4 Å². The van der Waals surface area contributed by atoms with E-state index in [0.717, 1.165) is 103 Å². The quantitative estimate of drug-likeness (QED) is 0.0917. The summed E-state index contributed by atoms with van der Waals surface area (Å²) in [7, 11) is 0. The van der Waals surface area contributed by atoms with E-state index in [9.17, 15) is 4.79 Å². The van der Waals surface area contributed by atoms with Crippen molar-refractivity contribution >= 4 is 63.6 Å². The Morgan fingerprint density at radius 3 is 1.90 bits per heavy atom. The average molecular weight is 1040 g/mol. The number of aliphatic imine (C=N–C) groups is 1. The summed E-state index contributed by atoms with van der Waals surface area (Å²) in [4.78, 5) is 39.6. The summed E-state index contributed by atoms with van der Waals surface area (Å²) >= 11 is 13.4. The number of aliphatic carboxylic acids is 1. The van der Waals surface area contributed by atoms with Crippen molar-refractivity contribution in [1.29, 1.82) is 5.26 Å². The monoisotopic (exact) mass is 1030 g/mol. The van der Waals surface area contributed by atoms with Gasteiger partial charge in [-0.25, -0.2) is 9.97 Å². The van der Waals surface area contributed by atoms with Gasteiger partial charge in [0.15, 0.2) is 5.17 Å². The number of nitrogens with zero attached hydrogens (tertiary/aromatic N) is 9. The van der Waals surface area contributed by atoms with Crippen LogP contribution in [0, 0.1) is 39.1 Å². The summed E-state index contributed by atoms with van der Waals surface area (Å²) in [5.74, 6) is 4.13. The molecule has 4 fully saturated rings. The van der Waals surface area contributed by atoms with Gasteiger partial charge in [-0.15, -0.1) is 15.2 Å². The molecule has 0 amide bonds. The molecule has 21 heteroatoms. The van der Waals surface area contributed by atoms with Gasteiger partial charge in [0, 0.05) is 87.2 Å². The molecular formula is C50H65Cl2N11O7S. The Kier molecular flexibility index (Phi) is 20.9. The molecule has 5 aliphatic rings. The predicted molar refractivity (Wildman–Crippen MR) is 276 cm³/mol. The second kappa shape index (κ2) is 26.9. The van der Waals surface area contributed by atoms with Crippen molar-refractivity contribution in [2.45, 2.75) is 110 Å². The van der Waals surface area contributed by atoms with Gasteiger partial charge < -0.3 is 44.3 Å². The van der Waals surface area contributed by atoms with Crippen LogP contribution in [0.1, 0.15) is 97.1 Å². The lowest BCUT2D eigenvalue weighted by molar-refractivity contribution is -0.134. The summed E-state index contributed by atoms with van der Waals surface area (Å²) in [6.45, 7) is 15.0. The number of benzene rings is 2. The smallest absolute Gasteiger partial charge is 0.300 e. The van der Waals surface area contributed by atoms with Crippen LogP contribution >= 0.6 is 35.0 Å². The number of hydrogen-bond acceptors (Lipinski definition) is 17. The maximum atomic E-state index is 10.9. The molecule has 4 aromatic rings. The van der Waals surface area contributed by atoms with Crippen molar-refractivity contribution in [2.75, 3.05) is 58.7 Å². The molecule has 9 rings (SSSR count). The number of likely N-dealkylation sites (tertiary alicyclic amines) is 2. The van der Waals surface area contributed by atoms with Crippen molar-refractivity contribution in [3.05, 3.63) is 104 Å². The second-order valence-corrected chi connectivity index (χ2v) is 19.5. The largest absolute Gasteiger partial charge is 0.481 e. The molecule has 7 heterocycles. The number of amidine groups is 3. The first kappa shape index (κ1) is 55.0. The Balaban J connectivity index is 0.000000185. The van der Waals surface area contributed by atoms with Crippen molar-refractivity contribution in [3.8, 4) is 6.19 Å². The topological polar surface area (TPSA) is 234 Å². The Bertz CT molecular complexity index is 2460. The lowest BCUT2D eigenvalue weighted by Gasteiger charge is -2.46. The second-order valence-electron chi connectivity index (χ2n) is 17.9. The van der Waals surface area contributed by atoms with E-state index in [-0.39, 0.29) is 12.2 Å². The van der Waals surface area contributed by atoms with Gasteiger partial charge in [-0.2, -0.15) is 5.26 Å². The highest BCUT2D eigenvalue weighted by Gasteiger charge is 2.38. The van der Waals surface area contributed by atoms with Gasteiger partial charge in [0.05, 0.1) is 31.0 Å². The SMILES string of the molecule is CC(=O)O.CSC(=NC#N)N1CCC(=O)CC1.Cc1nc([C@H]2CN(C3CCN(C4=NN=C(N)C4)CC3)[C@@H](Cc3ccc(Cl)cc3)CO2)oc1C.Cc1nc([C@H]2CN[C@@H](Cc3ccc(Cl)cc3)CO2)oc1C. The van der Waals surface area contributed by atoms with Crippen molar-refractivity contribution in [3.63, 3.8) is 0 Å². The Morgan fingerprint density at radius 2 is 1.42 bits per heavy atom. The summed E-state index contributed by atoms with van der Waals surface area (Å²) in [6, 6.07) is 17.1. The van der Waals surface area contributed by atoms with E-state index in [1.807, 2.05) is 63.1 Å². The summed E-state index contributed by atoms with van der Waals surface area (Å²) in [5.41, 5.74) is 10.2. The van der Waals surface area contributed by atoms with E-state index in [1.54, 1.807) is 6.19 Å². The molecule has 4 N–H and O–H groups in total. The fraction of sp³-hybridized carbons (Fsp3) is 0.520. The fourth-order valence-electron chi connectivity index (χ4n) is 8.69. The minimum absolute atomic E-state index is 0.0983. The van der Waals surface area contributed by atoms with E-state index < -0.39 is 5.97 Å². The number of nitrogens with two attached hydrogens (primary N) is 1. The minimum Gasteiger partial charge on any atom is -0.481 e. The number of aryl methyl sites for hydroxylation is 4. The normalized spacial score (nSPS) is 21.9. The zero-order valence-electron chi connectivity index (χ0n) is 41.3. The molecule has 4 saturated heterocycles. The predicted octanol–water partition coefficient (Wildman–Crippen LogP) is 7.63. The van der Waals surface area contributed by atoms with E-state index in [2.05, 4.69) is 64.5 Å². The summed E-state index contributed by atoms with van der Waals surface area (Å²) in [6.07, 6.45) is 9.18. The highest BCUT2D eigenvalue weighted by Crippen LogP contribution is 2.32. The van der Waals surface area contributed by atoms with Crippen LogP contribution in [-0.2, 0) is 31.9 Å². The number of carboxylic acid groups (broad SMARTS) is 1. The molecule has 2 aromatic heterocycles. The fourth-order valence-corrected chi connectivity index (χ4v) is 9.52. The number of nitrogens with one attached hydrogen (secondary N) is 1. The van der Waals surface area contributed by atoms with Crippen LogP contribution in [0.5, 0.6) is 0 Å². The van der Waals surface area contributed by atoms with Gasteiger partial charge in [0.2, 0.25) is 18.0 Å². The number of hydrogen-bond donors (Lipinski definition) is 3. The molecule has 382 valence electrons. The molecule has 71 heavy (non-hydrogen) atoms. The zero-order valence-corrected chi connectivity index (χ0v) is 43.6. The lowest BCUT2D eigenvalue weighted by atomic mass is 9.96. The molecule has 0 spiro atoms. The van der Waals surface area contributed by atoms with Gasteiger partial charge in [-0.05, 0) is 95.0 Å². The van der Waals surface area contributed by atoms with Gasteiger partial charge >= 0.3 is 0 Å². The first-order valence-electron chi connectivity index (χ1n) is 23.8. The molecule has 0 radical (unpaired) electrons. The van der Waals surface area contributed by atoms with Crippen LogP contribution in [-0.4, -0.2) is 135 Å². The maximum Gasteiger partial charge on any atom is 0.300 e. The molecule has 0 unspecified atom stereocenters. The Morgan fingerprint density at radius 1 is 0.873 bits per heavy atom. The van der Waals surface area contributed by atoms with E-state index in [1.165, 1.54) is 22.9 Å². The number of ether oxygens (including phenoxy) is 2. The highest BCUT2D eigenvalue weighted by atomic mass is 35.5. The molecule has 5 aliphatic heterocycles. The van der Waals surface area contributed by atoms with Gasteiger partial charge in [0.1, 0.15) is 41.2 Å². The van der Waals surface area contributed by atoms with Gasteiger partial charge in [0.25, 0.3) is 5.97 Å². The number of piperidine rings is 2. The first-order valence-corrected chi connectivity index (χ1v) is 25.8. The summed E-state index contributed by atoms with van der Waals surface area (Å²) in [5, 5.41) is 29.8. The molecule has 18 nitrogen and oxygen atoms in total. The number of halogens is 2. The number of nitriles is 1. The molecular weight excluding hydrogens is 970 g/mol. The minimum atomic E-state index is -0.833. The molecule has 4 atom stereocenters. The molecule has 0 saturated carbocycles. The number of aromatic nitrogens is 2. The number of carboxylic acids is 1. The van der Waals surface area contributed by atoms with Crippen LogP contribution in [0.2, 0.25) is 10.0 Å². The highest BCUT2D eigenvalue weighted by molar-refractivity contribution is 8.13. The Hall–Kier alpha value is -5.33. The number of rotatable bonds is 7. The van der Waals surface area contributed by atoms with Gasteiger partial charge in [-0.3, -0.25) is 14.5 Å². The third-order valence-corrected chi connectivity index (χ3v) is 13.9. The molecule has 0 aliphatic carbocycles. The third kappa shape index (κ3) is 16.6. The van der Waals surface area contributed by atoms with Crippen LogP contribution < -0.4 is 11.1 Å². The number of carbonyl (C=O) groups is 2. The molecule has 2 aromatic carbocycles. The van der Waals surface area contributed by atoms with Crippen LogP contribution in [0.4, 0.5) is 0 Å².